The summed E-state index contributed by atoms with van der Waals surface area (Å²) in [7, 11) is 0. The Morgan fingerprint density at radius 2 is 1.68 bits per heavy atom. The molecule has 4 rings (SSSR count). The third kappa shape index (κ3) is 5.17. The molecule has 1 aliphatic carbocycles. The summed E-state index contributed by atoms with van der Waals surface area (Å²) in [6, 6.07) is 19.9. The van der Waals surface area contributed by atoms with E-state index in [1.807, 2.05) is 6.07 Å². The number of halogens is 1. The third-order valence-corrected chi connectivity index (χ3v) is 4.98. The predicted molar refractivity (Wildman–Crippen MR) is 121 cm³/mol. The molecule has 0 aliphatic heterocycles. The number of anilines is 2. The van der Waals surface area contributed by atoms with E-state index in [4.69, 9.17) is 5.73 Å². The number of nitrogen functional groups attached to an aromatic ring is 1. The molecule has 0 spiro atoms. The van der Waals surface area contributed by atoms with E-state index in [0.29, 0.717) is 33.6 Å². The van der Waals surface area contributed by atoms with Gasteiger partial charge in [-0.25, -0.2) is 4.39 Å². The van der Waals surface area contributed by atoms with Crippen molar-refractivity contribution in [1.29, 1.82) is 0 Å². The van der Waals surface area contributed by atoms with Gasteiger partial charge in [0.05, 0.1) is 11.4 Å². The molecule has 0 heterocycles. The monoisotopic (exact) mass is 415 g/mol. The normalized spacial score (nSPS) is 13.5. The molecule has 2 amide bonds. The van der Waals surface area contributed by atoms with E-state index in [1.165, 1.54) is 12.1 Å². The Hall–Kier alpha value is -3.93. The summed E-state index contributed by atoms with van der Waals surface area (Å²) < 4.78 is 13.4. The van der Waals surface area contributed by atoms with Crippen molar-refractivity contribution in [3.05, 3.63) is 95.3 Å². The predicted octanol–water partition coefficient (Wildman–Crippen LogP) is 4.48. The van der Waals surface area contributed by atoms with Crippen LogP contribution in [0.1, 0.15) is 34.3 Å². The van der Waals surface area contributed by atoms with Crippen molar-refractivity contribution in [2.75, 3.05) is 11.1 Å². The topological polar surface area (TPSA) is 84.2 Å². The highest BCUT2D eigenvalue weighted by atomic mass is 19.1. The van der Waals surface area contributed by atoms with Crippen molar-refractivity contribution in [1.82, 2.24) is 5.32 Å². The van der Waals surface area contributed by atoms with Crippen molar-refractivity contribution in [2.45, 2.75) is 18.9 Å². The highest BCUT2D eigenvalue weighted by Crippen LogP contribution is 2.24. The maximum absolute atomic E-state index is 13.4. The molecule has 1 fully saturated rings. The molecule has 0 bridgehead atoms. The number of nitrogens with one attached hydrogen (secondary N) is 2. The van der Waals surface area contributed by atoms with Gasteiger partial charge in [0.15, 0.2) is 0 Å². The summed E-state index contributed by atoms with van der Waals surface area (Å²) in [5.41, 5.74) is 9.03. The molecule has 0 atom stereocenters. The van der Waals surface area contributed by atoms with Gasteiger partial charge in [0, 0.05) is 17.2 Å². The van der Waals surface area contributed by atoms with Crippen molar-refractivity contribution < 1.29 is 14.0 Å². The van der Waals surface area contributed by atoms with E-state index in [0.717, 1.165) is 12.8 Å². The number of para-hydroxylation sites is 2. The SMILES string of the molecule is Nc1ccccc1NC(=O)c1cccc(C=C(C(=O)NC2CC2)c2ccc(F)cc2)c1. The number of nitrogens with two attached hydrogens (primary N) is 1. The zero-order valence-electron chi connectivity index (χ0n) is 16.8. The first kappa shape index (κ1) is 20.3. The molecule has 0 saturated heterocycles. The zero-order valence-corrected chi connectivity index (χ0v) is 16.8. The van der Waals surface area contributed by atoms with Gasteiger partial charge < -0.3 is 16.4 Å². The number of rotatable bonds is 6. The number of carbonyl (C=O) groups is 2. The van der Waals surface area contributed by atoms with E-state index >= 15 is 0 Å². The number of hydrogen-bond donors (Lipinski definition) is 3. The quantitative estimate of drug-likeness (QED) is 0.315. The summed E-state index contributed by atoms with van der Waals surface area (Å²) in [5.74, 6) is -0.899. The molecule has 0 unspecified atom stereocenters. The lowest BCUT2D eigenvalue weighted by Gasteiger charge is -2.10. The van der Waals surface area contributed by atoms with E-state index in [-0.39, 0.29) is 23.7 Å². The fourth-order valence-electron chi connectivity index (χ4n) is 3.14. The fourth-order valence-corrected chi connectivity index (χ4v) is 3.14. The second-order valence-corrected chi connectivity index (χ2v) is 7.48. The average molecular weight is 415 g/mol. The van der Waals surface area contributed by atoms with Gasteiger partial charge in [0.1, 0.15) is 5.82 Å². The van der Waals surface area contributed by atoms with Crippen LogP contribution < -0.4 is 16.4 Å². The van der Waals surface area contributed by atoms with Crippen LogP contribution in [-0.2, 0) is 4.79 Å². The fraction of sp³-hybridized carbons (Fsp3) is 0.120. The molecular formula is C25H22FN3O2. The Bertz CT molecular complexity index is 1150. The lowest BCUT2D eigenvalue weighted by Crippen LogP contribution is -2.26. The smallest absolute Gasteiger partial charge is 0.255 e. The van der Waals surface area contributed by atoms with Crippen LogP contribution in [0, 0.1) is 5.82 Å². The van der Waals surface area contributed by atoms with Crippen LogP contribution in [0.25, 0.3) is 11.6 Å². The third-order valence-electron chi connectivity index (χ3n) is 4.98. The largest absolute Gasteiger partial charge is 0.397 e. The molecule has 31 heavy (non-hydrogen) atoms. The van der Waals surface area contributed by atoms with E-state index < -0.39 is 0 Å². The van der Waals surface area contributed by atoms with E-state index in [2.05, 4.69) is 10.6 Å². The lowest BCUT2D eigenvalue weighted by molar-refractivity contribution is -0.115. The van der Waals surface area contributed by atoms with Crippen molar-refractivity contribution in [2.24, 2.45) is 0 Å². The first-order valence-corrected chi connectivity index (χ1v) is 10.0. The van der Waals surface area contributed by atoms with Crippen LogP contribution in [0.15, 0.2) is 72.8 Å². The molecule has 1 saturated carbocycles. The van der Waals surface area contributed by atoms with Crippen LogP contribution in [0.4, 0.5) is 15.8 Å². The molecule has 156 valence electrons. The maximum atomic E-state index is 13.4. The Labute approximate surface area is 179 Å². The molecular weight excluding hydrogens is 393 g/mol. The van der Waals surface area contributed by atoms with Crippen LogP contribution in [0.5, 0.6) is 0 Å². The Morgan fingerprint density at radius 3 is 2.39 bits per heavy atom. The minimum absolute atomic E-state index is 0.185. The molecule has 6 heteroatoms. The van der Waals surface area contributed by atoms with Crippen molar-refractivity contribution >= 4 is 34.8 Å². The number of hydrogen-bond acceptors (Lipinski definition) is 3. The van der Waals surface area contributed by atoms with E-state index in [1.54, 1.807) is 60.7 Å². The summed E-state index contributed by atoms with van der Waals surface area (Å²) in [5, 5.41) is 5.77. The Balaban J connectivity index is 1.62. The summed E-state index contributed by atoms with van der Waals surface area (Å²) >= 11 is 0. The summed E-state index contributed by atoms with van der Waals surface area (Å²) in [6.07, 6.45) is 3.63. The average Bonchev–Trinajstić information content (AvgIpc) is 3.58. The molecule has 3 aromatic carbocycles. The van der Waals surface area contributed by atoms with Gasteiger partial charge in [-0.3, -0.25) is 9.59 Å². The second kappa shape index (κ2) is 8.83. The zero-order chi connectivity index (χ0) is 21.8. The van der Waals surface area contributed by atoms with Gasteiger partial charge in [-0.1, -0.05) is 36.4 Å². The summed E-state index contributed by atoms with van der Waals surface area (Å²) in [6.45, 7) is 0. The van der Waals surface area contributed by atoms with Crippen LogP contribution in [0.3, 0.4) is 0 Å². The van der Waals surface area contributed by atoms with Gasteiger partial charge in [0.25, 0.3) is 11.8 Å². The van der Waals surface area contributed by atoms with Gasteiger partial charge in [0.2, 0.25) is 0 Å². The van der Waals surface area contributed by atoms with E-state index in [9.17, 15) is 14.0 Å². The number of amides is 2. The maximum Gasteiger partial charge on any atom is 0.255 e. The highest BCUT2D eigenvalue weighted by molar-refractivity contribution is 6.24. The van der Waals surface area contributed by atoms with Gasteiger partial charge in [-0.05, 0) is 66.4 Å². The van der Waals surface area contributed by atoms with Gasteiger partial charge >= 0.3 is 0 Å². The molecule has 0 radical (unpaired) electrons. The van der Waals surface area contributed by atoms with Gasteiger partial charge in [-0.2, -0.15) is 0 Å². The standard InChI is InChI=1S/C25H22FN3O2/c26-19-10-8-17(9-11-19)21(25(31)28-20-12-13-20)15-16-4-3-5-18(14-16)24(30)29-23-7-2-1-6-22(23)27/h1-11,14-15,20H,12-13,27H2,(H,28,31)(H,29,30). The van der Waals surface area contributed by atoms with Crippen LogP contribution in [0.2, 0.25) is 0 Å². The number of carbonyl (C=O) groups excluding carboxylic acids is 2. The number of benzene rings is 3. The van der Waals surface area contributed by atoms with Crippen LogP contribution in [-0.4, -0.2) is 17.9 Å². The van der Waals surface area contributed by atoms with Crippen molar-refractivity contribution in [3.8, 4) is 0 Å². The minimum Gasteiger partial charge on any atom is -0.397 e. The van der Waals surface area contributed by atoms with Crippen LogP contribution >= 0.6 is 0 Å². The Kier molecular flexibility index (Phi) is 5.80. The molecule has 4 N–H and O–H groups in total. The summed E-state index contributed by atoms with van der Waals surface area (Å²) in [4.78, 5) is 25.5. The Morgan fingerprint density at radius 1 is 0.935 bits per heavy atom. The molecule has 3 aromatic rings. The molecule has 5 nitrogen and oxygen atoms in total. The van der Waals surface area contributed by atoms with Crippen molar-refractivity contribution in [3.63, 3.8) is 0 Å². The highest BCUT2D eigenvalue weighted by Gasteiger charge is 2.25. The first-order valence-electron chi connectivity index (χ1n) is 10.0. The molecule has 0 aromatic heterocycles. The lowest BCUT2D eigenvalue weighted by atomic mass is 10.0. The van der Waals surface area contributed by atoms with Gasteiger partial charge in [-0.15, -0.1) is 0 Å². The molecule has 1 aliphatic rings. The first-order chi connectivity index (χ1) is 15.0. The minimum atomic E-state index is -0.371. The second-order valence-electron chi connectivity index (χ2n) is 7.48.